The van der Waals surface area contributed by atoms with E-state index in [9.17, 15) is 19.2 Å². The van der Waals surface area contributed by atoms with Gasteiger partial charge in [-0.15, -0.1) is 0 Å². The summed E-state index contributed by atoms with van der Waals surface area (Å²) >= 11 is 0. The first-order valence-electron chi connectivity index (χ1n) is 13.5. The van der Waals surface area contributed by atoms with Gasteiger partial charge in [-0.05, 0) is 56.3 Å². The Kier molecular flexibility index (Phi) is 13.4. The van der Waals surface area contributed by atoms with Crippen molar-refractivity contribution in [2.24, 2.45) is 39.6 Å². The first-order chi connectivity index (χ1) is 20.0. The molecule has 0 radical (unpaired) electrons. The lowest BCUT2D eigenvalue weighted by Gasteiger charge is -2.24. The molecule has 42 heavy (non-hydrogen) atoms. The van der Waals surface area contributed by atoms with Crippen LogP contribution in [0.1, 0.15) is 36.8 Å². The Morgan fingerprint density at radius 3 is 1.98 bits per heavy atom. The molecule has 0 saturated heterocycles. The molecular weight excluding hydrogens is 540 g/mol. The monoisotopic (exact) mass is 580 g/mol. The topological polar surface area (TPSA) is 271 Å². The van der Waals surface area contributed by atoms with Crippen LogP contribution in [0.3, 0.4) is 0 Å². The van der Waals surface area contributed by atoms with Crippen LogP contribution in [-0.2, 0) is 25.6 Å². The normalized spacial score (nSPS) is 12.7. The van der Waals surface area contributed by atoms with E-state index in [1.165, 1.54) is 0 Å². The summed E-state index contributed by atoms with van der Waals surface area (Å²) < 4.78 is 0. The zero-order chi connectivity index (χ0) is 31.1. The van der Waals surface area contributed by atoms with Gasteiger partial charge in [0.1, 0.15) is 23.8 Å². The number of hydrogen-bond donors (Lipinski definition) is 9. The summed E-state index contributed by atoms with van der Waals surface area (Å²) in [5.41, 5.74) is 28.9. The average molecular weight is 581 g/mol. The molecule has 2 aromatic rings. The van der Waals surface area contributed by atoms with Crippen LogP contribution in [0.25, 0.3) is 0 Å². The number of primary amides is 1. The molecule has 0 aliphatic heterocycles. The lowest BCUT2D eigenvalue weighted by molar-refractivity contribution is -0.136. The Balaban J connectivity index is 2.24. The van der Waals surface area contributed by atoms with Gasteiger partial charge in [-0.25, -0.2) is 0 Å². The van der Waals surface area contributed by atoms with Gasteiger partial charge in [0, 0.05) is 17.8 Å². The second-order valence-electron chi connectivity index (χ2n) is 9.63. The summed E-state index contributed by atoms with van der Waals surface area (Å²) in [6.45, 7) is 0.485. The number of aliphatic imine (C=N–C) groups is 1. The van der Waals surface area contributed by atoms with Crippen LogP contribution >= 0.6 is 0 Å². The molecule has 14 N–H and O–H groups in total. The third-order valence-electron chi connectivity index (χ3n) is 6.31. The molecule has 0 saturated carbocycles. The maximum absolute atomic E-state index is 13.6. The van der Waals surface area contributed by atoms with Crippen LogP contribution in [0.15, 0.2) is 59.6 Å². The second-order valence-corrected chi connectivity index (χ2v) is 9.63. The predicted molar refractivity (Wildman–Crippen MR) is 161 cm³/mol. The smallest absolute Gasteiger partial charge is 0.243 e. The first-order valence-corrected chi connectivity index (χ1v) is 13.5. The Hall–Kier alpha value is -4.98. The zero-order valence-electron chi connectivity index (χ0n) is 23.3. The number of amides is 4. The molecule has 3 atom stereocenters. The lowest BCUT2D eigenvalue weighted by Crippen LogP contribution is -2.54. The van der Waals surface area contributed by atoms with Gasteiger partial charge >= 0.3 is 0 Å². The highest BCUT2D eigenvalue weighted by Gasteiger charge is 2.32. The number of carbonyl (C=O) groups is 4. The molecule has 14 heteroatoms. The zero-order valence-corrected chi connectivity index (χ0v) is 23.3. The summed E-state index contributed by atoms with van der Waals surface area (Å²) in [5, 5.41) is 15.6. The van der Waals surface area contributed by atoms with Crippen molar-refractivity contribution in [2.75, 3.05) is 18.4 Å². The van der Waals surface area contributed by atoms with Crippen molar-refractivity contribution in [1.82, 2.24) is 10.6 Å². The van der Waals surface area contributed by atoms with Crippen molar-refractivity contribution in [3.63, 3.8) is 0 Å². The van der Waals surface area contributed by atoms with Gasteiger partial charge in [0.15, 0.2) is 5.96 Å². The SMILES string of the molecule is N=C(N)c1ccc(CC(C(=O)Nc2ccccc2)C(=O)N[C@@H](CCCN)C(=O)N[C@@H](CCCN=C(N)N)C(N)=O)cc1. The third-order valence-corrected chi connectivity index (χ3v) is 6.31. The van der Waals surface area contributed by atoms with E-state index in [4.69, 9.17) is 34.1 Å². The van der Waals surface area contributed by atoms with Crippen LogP contribution in [0, 0.1) is 11.3 Å². The molecule has 2 rings (SSSR count). The molecule has 0 aliphatic rings. The summed E-state index contributed by atoms with van der Waals surface area (Å²) in [6.07, 6.45) is 1.09. The number of guanidine groups is 1. The molecule has 0 bridgehead atoms. The number of amidine groups is 1. The van der Waals surface area contributed by atoms with Gasteiger partial charge in [0.25, 0.3) is 0 Å². The second kappa shape index (κ2) is 17.0. The van der Waals surface area contributed by atoms with Crippen molar-refractivity contribution in [3.05, 3.63) is 65.7 Å². The Morgan fingerprint density at radius 2 is 1.40 bits per heavy atom. The quantitative estimate of drug-likeness (QED) is 0.0484. The molecule has 0 fully saturated rings. The number of hydrogen-bond acceptors (Lipinski definition) is 7. The molecule has 14 nitrogen and oxygen atoms in total. The molecule has 0 aromatic heterocycles. The van der Waals surface area contributed by atoms with Crippen LogP contribution in [0.5, 0.6) is 0 Å². The van der Waals surface area contributed by atoms with Gasteiger partial charge in [0.2, 0.25) is 23.6 Å². The molecule has 226 valence electrons. The number of nitrogens with one attached hydrogen (secondary N) is 4. The van der Waals surface area contributed by atoms with Crippen molar-refractivity contribution in [3.8, 4) is 0 Å². The van der Waals surface area contributed by atoms with E-state index in [0.29, 0.717) is 29.7 Å². The van der Waals surface area contributed by atoms with E-state index in [1.807, 2.05) is 0 Å². The minimum Gasteiger partial charge on any atom is -0.384 e. The van der Waals surface area contributed by atoms with Crippen LogP contribution < -0.4 is 44.6 Å². The van der Waals surface area contributed by atoms with E-state index in [1.54, 1.807) is 54.6 Å². The minimum absolute atomic E-state index is 0.00259. The summed E-state index contributed by atoms with van der Waals surface area (Å²) in [5.74, 6) is -4.12. The Bertz CT molecular complexity index is 1250. The largest absolute Gasteiger partial charge is 0.384 e. The van der Waals surface area contributed by atoms with Gasteiger partial charge in [-0.3, -0.25) is 29.6 Å². The van der Waals surface area contributed by atoms with Crippen LogP contribution in [0.2, 0.25) is 0 Å². The summed E-state index contributed by atoms with van der Waals surface area (Å²) in [4.78, 5) is 55.9. The number of rotatable bonds is 17. The molecule has 0 spiro atoms. The molecule has 0 aliphatic carbocycles. The molecule has 4 amide bonds. The highest BCUT2D eigenvalue weighted by Crippen LogP contribution is 2.16. The fourth-order valence-corrected chi connectivity index (χ4v) is 4.04. The fraction of sp³-hybridized carbons (Fsp3) is 0.357. The molecule has 0 heterocycles. The maximum Gasteiger partial charge on any atom is 0.243 e. The number of benzene rings is 2. The number of nitrogens with two attached hydrogens (primary N) is 5. The minimum atomic E-state index is -1.23. The van der Waals surface area contributed by atoms with E-state index in [2.05, 4.69) is 20.9 Å². The standard InChI is InChI=1S/C28H40N10O4/c29-14-4-8-22(27(42)37-21(24(32)39)9-5-15-35-28(33)34)38-26(41)20(25(40)36-19-6-2-1-3-7-19)16-17-10-12-18(13-11-17)23(30)31/h1-3,6-7,10-13,20-22H,4-5,8-9,14-16,29H2,(H3,30,31)(H2,32,39)(H,36,40)(H,37,42)(H,38,41)(H4,33,34,35)/t20?,21-,22-/m0/s1. The van der Waals surface area contributed by atoms with Gasteiger partial charge in [0.05, 0.1) is 0 Å². The number of nitrogen functional groups attached to an aromatic ring is 1. The van der Waals surface area contributed by atoms with Crippen molar-refractivity contribution in [1.29, 1.82) is 5.41 Å². The van der Waals surface area contributed by atoms with Crippen molar-refractivity contribution in [2.45, 2.75) is 44.2 Å². The van der Waals surface area contributed by atoms with E-state index in [0.717, 1.165) is 0 Å². The Morgan fingerprint density at radius 1 is 0.786 bits per heavy atom. The predicted octanol–water partition coefficient (Wildman–Crippen LogP) is -0.985. The van der Waals surface area contributed by atoms with E-state index >= 15 is 0 Å². The number of anilines is 1. The third kappa shape index (κ3) is 11.3. The molecule has 2 aromatic carbocycles. The van der Waals surface area contributed by atoms with Gasteiger partial charge in [-0.2, -0.15) is 0 Å². The van der Waals surface area contributed by atoms with E-state index < -0.39 is 41.6 Å². The van der Waals surface area contributed by atoms with E-state index in [-0.39, 0.29) is 44.1 Å². The summed E-state index contributed by atoms with van der Waals surface area (Å²) in [6, 6.07) is 13.1. The van der Waals surface area contributed by atoms with Gasteiger partial charge in [-0.1, -0.05) is 42.5 Å². The van der Waals surface area contributed by atoms with Crippen molar-refractivity contribution < 1.29 is 19.2 Å². The number of carbonyl (C=O) groups excluding carboxylic acids is 4. The molecular formula is C28H40N10O4. The number of para-hydroxylation sites is 1. The highest BCUT2D eigenvalue weighted by molar-refractivity contribution is 6.07. The van der Waals surface area contributed by atoms with Crippen LogP contribution in [-0.4, -0.2) is 60.6 Å². The first kappa shape index (κ1) is 33.2. The van der Waals surface area contributed by atoms with Crippen LogP contribution in [0.4, 0.5) is 5.69 Å². The lowest BCUT2D eigenvalue weighted by atomic mass is 9.95. The maximum atomic E-state index is 13.6. The van der Waals surface area contributed by atoms with Gasteiger partial charge < -0.3 is 44.6 Å². The highest BCUT2D eigenvalue weighted by atomic mass is 16.2. The average Bonchev–Trinajstić information content (AvgIpc) is 2.95. The Labute approximate surface area is 244 Å². The summed E-state index contributed by atoms with van der Waals surface area (Å²) in [7, 11) is 0. The number of nitrogens with zero attached hydrogens (tertiary/aromatic N) is 1. The molecule has 1 unspecified atom stereocenters. The fourth-order valence-electron chi connectivity index (χ4n) is 4.04. The van der Waals surface area contributed by atoms with Crippen molar-refractivity contribution >= 4 is 41.1 Å².